The van der Waals surface area contributed by atoms with Crippen molar-refractivity contribution < 1.29 is 14.9 Å². The van der Waals surface area contributed by atoms with Gasteiger partial charge in [0.25, 0.3) is 0 Å². The molecule has 3 rings (SSSR count). The molecule has 0 aromatic heterocycles. The molecule has 1 aromatic carbocycles. The van der Waals surface area contributed by atoms with Crippen LogP contribution in [-0.4, -0.2) is 65.4 Å². The van der Waals surface area contributed by atoms with Gasteiger partial charge in [-0.1, -0.05) is 18.9 Å². The molecule has 1 saturated carbocycles. The molecule has 0 radical (unpaired) electrons. The number of nitrogens with zero attached hydrogens (tertiary/aromatic N) is 2. The summed E-state index contributed by atoms with van der Waals surface area (Å²) < 4.78 is 5.41. The van der Waals surface area contributed by atoms with E-state index < -0.39 is 0 Å². The lowest BCUT2D eigenvalue weighted by Gasteiger charge is -2.44. The minimum Gasteiger partial charge on any atom is -0.507 e. The number of hydrogen-bond donors (Lipinski definition) is 2. The van der Waals surface area contributed by atoms with Gasteiger partial charge in [0, 0.05) is 50.4 Å². The van der Waals surface area contributed by atoms with Crippen molar-refractivity contribution in [2.45, 2.75) is 50.7 Å². The van der Waals surface area contributed by atoms with Crippen LogP contribution in [0, 0.1) is 0 Å². The van der Waals surface area contributed by atoms with Gasteiger partial charge in [0.2, 0.25) is 0 Å². The molecule has 0 bridgehead atoms. The van der Waals surface area contributed by atoms with Crippen LogP contribution < -0.4 is 4.74 Å². The van der Waals surface area contributed by atoms with Crippen molar-refractivity contribution in [3.63, 3.8) is 0 Å². The number of ether oxygens (including phenoxy) is 1. The Balaban J connectivity index is 1.68. The molecule has 2 N–H and O–H groups in total. The first-order valence-corrected chi connectivity index (χ1v) is 9.16. The Morgan fingerprint density at radius 3 is 2.71 bits per heavy atom. The van der Waals surface area contributed by atoms with Gasteiger partial charge in [0.05, 0.1) is 7.11 Å². The molecule has 2 aliphatic rings. The molecule has 1 aliphatic carbocycles. The van der Waals surface area contributed by atoms with Crippen molar-refractivity contribution >= 4 is 0 Å². The van der Waals surface area contributed by atoms with E-state index in [0.717, 1.165) is 37.4 Å². The average molecular weight is 334 g/mol. The number of aromatic hydroxyl groups is 1. The lowest BCUT2D eigenvalue weighted by molar-refractivity contribution is 0.0262. The summed E-state index contributed by atoms with van der Waals surface area (Å²) in [5, 5.41) is 19.7. The van der Waals surface area contributed by atoms with E-state index in [9.17, 15) is 10.2 Å². The number of benzene rings is 1. The highest BCUT2D eigenvalue weighted by Crippen LogP contribution is 2.31. The predicted octanol–water partition coefficient (Wildman–Crippen LogP) is 2.21. The number of aliphatic hydroxyl groups excluding tert-OH is 1. The fourth-order valence-electron chi connectivity index (χ4n) is 4.33. The van der Waals surface area contributed by atoms with Crippen LogP contribution in [-0.2, 0) is 6.54 Å². The van der Waals surface area contributed by atoms with E-state index in [2.05, 4.69) is 9.80 Å². The maximum atomic E-state index is 10.2. The molecule has 1 heterocycles. The van der Waals surface area contributed by atoms with E-state index in [4.69, 9.17) is 4.74 Å². The molecule has 1 aromatic rings. The minimum atomic E-state index is 0.238. The minimum absolute atomic E-state index is 0.238. The molecule has 134 valence electrons. The van der Waals surface area contributed by atoms with Crippen LogP contribution in [0.3, 0.4) is 0 Å². The van der Waals surface area contributed by atoms with Gasteiger partial charge in [-0.15, -0.1) is 0 Å². The van der Waals surface area contributed by atoms with Crippen LogP contribution >= 0.6 is 0 Å². The summed E-state index contributed by atoms with van der Waals surface area (Å²) in [7, 11) is 1.64. The maximum absolute atomic E-state index is 10.2. The summed E-state index contributed by atoms with van der Waals surface area (Å²) in [5.74, 6) is 1.04. The first-order valence-electron chi connectivity index (χ1n) is 9.16. The topological polar surface area (TPSA) is 56.2 Å². The van der Waals surface area contributed by atoms with Crippen molar-refractivity contribution in [2.24, 2.45) is 0 Å². The Morgan fingerprint density at radius 2 is 2.00 bits per heavy atom. The van der Waals surface area contributed by atoms with Gasteiger partial charge in [-0.3, -0.25) is 9.80 Å². The predicted molar refractivity (Wildman–Crippen MR) is 94.4 cm³/mol. The van der Waals surface area contributed by atoms with Crippen molar-refractivity contribution in [3.8, 4) is 11.5 Å². The molecule has 0 unspecified atom stereocenters. The number of phenols is 1. The summed E-state index contributed by atoms with van der Waals surface area (Å²) in [6.45, 7) is 3.91. The Morgan fingerprint density at radius 1 is 1.21 bits per heavy atom. The summed E-state index contributed by atoms with van der Waals surface area (Å²) in [5.41, 5.74) is 0.858. The molecule has 24 heavy (non-hydrogen) atoms. The normalized spacial score (nSPS) is 23.7. The van der Waals surface area contributed by atoms with Crippen LogP contribution in [0.1, 0.15) is 37.7 Å². The molecular formula is C19H30N2O3. The molecule has 5 nitrogen and oxygen atoms in total. The lowest BCUT2D eigenvalue weighted by atomic mass is 10.0. The fourth-order valence-corrected chi connectivity index (χ4v) is 4.33. The van der Waals surface area contributed by atoms with Crippen LogP contribution in [0.2, 0.25) is 0 Å². The molecule has 0 amide bonds. The highest BCUT2D eigenvalue weighted by molar-refractivity contribution is 5.43. The molecule has 1 aliphatic heterocycles. The maximum Gasteiger partial charge on any atom is 0.127 e. The smallest absolute Gasteiger partial charge is 0.127 e. The van der Waals surface area contributed by atoms with Gasteiger partial charge in [0.15, 0.2) is 0 Å². The number of aliphatic hydroxyl groups is 1. The molecule has 5 heteroatoms. The summed E-state index contributed by atoms with van der Waals surface area (Å²) >= 11 is 0. The first-order chi connectivity index (χ1) is 11.7. The van der Waals surface area contributed by atoms with E-state index >= 15 is 0 Å². The van der Waals surface area contributed by atoms with E-state index in [0.29, 0.717) is 24.4 Å². The first kappa shape index (κ1) is 17.5. The standard InChI is InChI=1S/C19H30N2O3/c1-24-19-8-4-7-18(23)17(19)14-20-10-11-21(15-5-2-3-6-15)16(13-20)9-12-22/h4,7-8,15-16,22-23H,2-3,5-6,9-14H2,1H3/t16-/m0/s1. The van der Waals surface area contributed by atoms with Crippen molar-refractivity contribution in [2.75, 3.05) is 33.4 Å². The largest absolute Gasteiger partial charge is 0.507 e. The van der Waals surface area contributed by atoms with E-state index in [1.807, 2.05) is 12.1 Å². The highest BCUT2D eigenvalue weighted by Gasteiger charge is 2.33. The van der Waals surface area contributed by atoms with E-state index in [1.54, 1.807) is 13.2 Å². The van der Waals surface area contributed by atoms with Gasteiger partial charge >= 0.3 is 0 Å². The van der Waals surface area contributed by atoms with Gasteiger partial charge in [-0.2, -0.15) is 0 Å². The number of hydrogen-bond acceptors (Lipinski definition) is 5. The summed E-state index contributed by atoms with van der Waals surface area (Å²) in [6, 6.07) is 6.53. The Hall–Kier alpha value is -1.30. The number of phenolic OH excluding ortho intramolecular Hbond substituents is 1. The van der Waals surface area contributed by atoms with Gasteiger partial charge in [0.1, 0.15) is 11.5 Å². The van der Waals surface area contributed by atoms with Crippen molar-refractivity contribution in [1.29, 1.82) is 0 Å². The summed E-state index contributed by atoms with van der Waals surface area (Å²) in [6.07, 6.45) is 6.10. The van der Waals surface area contributed by atoms with E-state index in [1.165, 1.54) is 25.7 Å². The van der Waals surface area contributed by atoms with Gasteiger partial charge in [-0.25, -0.2) is 0 Å². The third-order valence-electron chi connectivity index (χ3n) is 5.58. The lowest BCUT2D eigenvalue weighted by Crippen LogP contribution is -2.56. The third kappa shape index (κ3) is 3.85. The van der Waals surface area contributed by atoms with Crippen LogP contribution in [0.25, 0.3) is 0 Å². The molecular weight excluding hydrogens is 304 g/mol. The Bertz CT molecular complexity index is 531. The molecule has 1 saturated heterocycles. The van der Waals surface area contributed by atoms with Gasteiger partial charge in [-0.05, 0) is 31.4 Å². The second-order valence-corrected chi connectivity index (χ2v) is 7.04. The molecule has 1 atom stereocenters. The third-order valence-corrected chi connectivity index (χ3v) is 5.58. The monoisotopic (exact) mass is 334 g/mol. The number of piperazine rings is 1. The number of methoxy groups -OCH3 is 1. The summed E-state index contributed by atoms with van der Waals surface area (Å²) in [4.78, 5) is 5.01. The Labute approximate surface area is 144 Å². The van der Waals surface area contributed by atoms with E-state index in [-0.39, 0.29) is 6.61 Å². The van der Waals surface area contributed by atoms with Crippen molar-refractivity contribution in [1.82, 2.24) is 9.80 Å². The second kappa shape index (κ2) is 8.19. The quantitative estimate of drug-likeness (QED) is 0.835. The second-order valence-electron chi connectivity index (χ2n) is 7.04. The van der Waals surface area contributed by atoms with Crippen LogP contribution in [0.15, 0.2) is 18.2 Å². The average Bonchev–Trinajstić information content (AvgIpc) is 3.11. The SMILES string of the molecule is COc1cccc(O)c1CN1CCN(C2CCCC2)[C@@H](CCO)C1. The van der Waals surface area contributed by atoms with Crippen LogP contribution in [0.5, 0.6) is 11.5 Å². The molecule has 2 fully saturated rings. The fraction of sp³-hybridized carbons (Fsp3) is 0.684. The zero-order valence-corrected chi connectivity index (χ0v) is 14.7. The van der Waals surface area contributed by atoms with Crippen molar-refractivity contribution in [3.05, 3.63) is 23.8 Å². The zero-order valence-electron chi connectivity index (χ0n) is 14.7. The number of rotatable bonds is 6. The zero-order chi connectivity index (χ0) is 16.9. The Kier molecular flexibility index (Phi) is 5.98. The molecule has 0 spiro atoms. The van der Waals surface area contributed by atoms with Crippen LogP contribution in [0.4, 0.5) is 0 Å². The van der Waals surface area contributed by atoms with Gasteiger partial charge < -0.3 is 14.9 Å². The highest BCUT2D eigenvalue weighted by atomic mass is 16.5.